The molecule has 1 fully saturated rings. The number of anilines is 1. The van der Waals surface area contributed by atoms with Gasteiger partial charge in [-0.2, -0.15) is 17.0 Å². The summed E-state index contributed by atoms with van der Waals surface area (Å²) in [5.74, 6) is -0.676. The number of aromatic nitrogens is 2. The van der Waals surface area contributed by atoms with Crippen LogP contribution in [0, 0.1) is 0 Å². The lowest BCUT2D eigenvalue weighted by Crippen LogP contribution is -2.52. The zero-order valence-electron chi connectivity index (χ0n) is 11.8. The molecule has 9 nitrogen and oxygen atoms in total. The molecule has 0 bridgehead atoms. The van der Waals surface area contributed by atoms with Gasteiger partial charge in [0.2, 0.25) is 5.95 Å². The Morgan fingerprint density at radius 3 is 2.14 bits per heavy atom. The number of carboxylic acid groups (broad SMARTS) is 1. The molecule has 2 heterocycles. The van der Waals surface area contributed by atoms with E-state index in [2.05, 4.69) is 9.97 Å². The lowest BCUT2D eigenvalue weighted by molar-refractivity contribution is 0.0696. The van der Waals surface area contributed by atoms with Crippen LogP contribution in [-0.2, 0) is 10.2 Å². The molecule has 10 heteroatoms. The highest BCUT2D eigenvalue weighted by atomic mass is 32.2. The van der Waals surface area contributed by atoms with Crippen LogP contribution in [0.15, 0.2) is 12.4 Å². The molecule has 0 aliphatic carbocycles. The zero-order valence-corrected chi connectivity index (χ0v) is 12.6. The molecule has 0 radical (unpaired) electrons. The lowest BCUT2D eigenvalue weighted by Gasteiger charge is -2.35. The first-order chi connectivity index (χ1) is 9.82. The largest absolute Gasteiger partial charge is 0.478 e. The van der Waals surface area contributed by atoms with Gasteiger partial charge in [-0.05, 0) is 0 Å². The Hall–Kier alpha value is -1.78. The number of nitrogens with zero attached hydrogens (tertiary/aromatic N) is 5. The quantitative estimate of drug-likeness (QED) is 0.767. The maximum atomic E-state index is 12.0. The summed E-state index contributed by atoms with van der Waals surface area (Å²) < 4.78 is 26.5. The topological polar surface area (TPSA) is 107 Å². The van der Waals surface area contributed by atoms with Gasteiger partial charge < -0.3 is 10.0 Å². The molecule has 0 saturated carbocycles. The second-order valence-electron chi connectivity index (χ2n) is 4.75. The molecule has 1 aliphatic rings. The van der Waals surface area contributed by atoms with E-state index < -0.39 is 16.2 Å². The zero-order chi connectivity index (χ0) is 15.6. The molecule has 21 heavy (non-hydrogen) atoms. The third-order valence-corrected chi connectivity index (χ3v) is 5.13. The number of rotatable bonds is 4. The van der Waals surface area contributed by atoms with E-state index in [1.807, 2.05) is 4.90 Å². The number of hydrogen-bond acceptors (Lipinski definition) is 6. The van der Waals surface area contributed by atoms with Crippen LogP contribution in [0.4, 0.5) is 5.95 Å². The molecule has 1 N–H and O–H groups in total. The van der Waals surface area contributed by atoms with E-state index in [-0.39, 0.29) is 5.56 Å². The summed E-state index contributed by atoms with van der Waals surface area (Å²) in [6.45, 7) is 1.59. The number of aromatic carboxylic acids is 1. The first kappa shape index (κ1) is 15.6. The average molecular weight is 315 g/mol. The molecule has 1 saturated heterocycles. The molecule has 0 spiro atoms. The van der Waals surface area contributed by atoms with Crippen LogP contribution in [-0.4, -0.2) is 78.3 Å². The molecule has 1 aromatic rings. The first-order valence-corrected chi connectivity index (χ1v) is 7.70. The highest BCUT2D eigenvalue weighted by Crippen LogP contribution is 2.14. The minimum absolute atomic E-state index is 0.0209. The Morgan fingerprint density at radius 1 is 1.19 bits per heavy atom. The Bertz CT molecular complexity index is 608. The van der Waals surface area contributed by atoms with Gasteiger partial charge in [0, 0.05) is 52.7 Å². The maximum Gasteiger partial charge on any atom is 0.338 e. The fourth-order valence-electron chi connectivity index (χ4n) is 1.94. The molecule has 1 aromatic heterocycles. The highest BCUT2D eigenvalue weighted by molar-refractivity contribution is 7.86. The van der Waals surface area contributed by atoms with Crippen LogP contribution >= 0.6 is 0 Å². The molecular weight excluding hydrogens is 298 g/mol. The summed E-state index contributed by atoms with van der Waals surface area (Å²) in [5.41, 5.74) is 0.0209. The van der Waals surface area contributed by atoms with E-state index in [9.17, 15) is 13.2 Å². The van der Waals surface area contributed by atoms with E-state index in [4.69, 9.17) is 5.11 Å². The minimum atomic E-state index is -3.40. The van der Waals surface area contributed by atoms with E-state index in [0.29, 0.717) is 32.1 Å². The second kappa shape index (κ2) is 5.92. The summed E-state index contributed by atoms with van der Waals surface area (Å²) in [7, 11) is -0.411. The van der Waals surface area contributed by atoms with Crippen molar-refractivity contribution in [3.05, 3.63) is 18.0 Å². The van der Waals surface area contributed by atoms with Crippen molar-refractivity contribution in [2.75, 3.05) is 45.2 Å². The van der Waals surface area contributed by atoms with Gasteiger partial charge in [0.05, 0.1) is 5.56 Å². The van der Waals surface area contributed by atoms with Crippen molar-refractivity contribution in [3.8, 4) is 0 Å². The van der Waals surface area contributed by atoms with Gasteiger partial charge in [-0.15, -0.1) is 0 Å². The fourth-order valence-corrected chi connectivity index (χ4v) is 3.03. The Kier molecular flexibility index (Phi) is 4.40. The SMILES string of the molecule is CN(C)S(=O)(=O)N1CCN(c2ncc(C(=O)O)cn2)CC1. The van der Waals surface area contributed by atoms with Crippen LogP contribution in [0.5, 0.6) is 0 Å². The van der Waals surface area contributed by atoms with Crippen LogP contribution in [0.2, 0.25) is 0 Å². The Labute approximate surface area is 123 Å². The molecule has 0 atom stereocenters. The van der Waals surface area contributed by atoms with Gasteiger partial charge in [-0.1, -0.05) is 0 Å². The highest BCUT2D eigenvalue weighted by Gasteiger charge is 2.29. The Balaban J connectivity index is 2.03. The van der Waals surface area contributed by atoms with E-state index >= 15 is 0 Å². The van der Waals surface area contributed by atoms with Crippen molar-refractivity contribution >= 4 is 22.1 Å². The minimum Gasteiger partial charge on any atom is -0.478 e. The molecule has 0 unspecified atom stereocenters. The van der Waals surface area contributed by atoms with Gasteiger partial charge >= 0.3 is 5.97 Å². The van der Waals surface area contributed by atoms with Crippen molar-refractivity contribution in [1.82, 2.24) is 18.6 Å². The standard InChI is InChI=1S/C11H17N5O4S/c1-14(2)21(19,20)16-5-3-15(4-6-16)11-12-7-9(8-13-11)10(17)18/h7-8H,3-6H2,1-2H3,(H,17,18). The summed E-state index contributed by atoms with van der Waals surface area (Å²) in [4.78, 5) is 20.6. The van der Waals surface area contributed by atoms with Gasteiger partial charge in [0.1, 0.15) is 0 Å². The van der Waals surface area contributed by atoms with E-state index in [0.717, 1.165) is 0 Å². The molecular formula is C11H17N5O4S. The van der Waals surface area contributed by atoms with Gasteiger partial charge in [-0.3, -0.25) is 0 Å². The molecule has 2 rings (SSSR count). The number of carboxylic acids is 1. The number of hydrogen-bond donors (Lipinski definition) is 1. The molecule has 0 aromatic carbocycles. The van der Waals surface area contributed by atoms with Crippen molar-refractivity contribution in [3.63, 3.8) is 0 Å². The van der Waals surface area contributed by atoms with Crippen molar-refractivity contribution in [2.24, 2.45) is 0 Å². The van der Waals surface area contributed by atoms with Crippen LogP contribution in [0.25, 0.3) is 0 Å². The van der Waals surface area contributed by atoms with Crippen molar-refractivity contribution in [2.45, 2.75) is 0 Å². The maximum absolute atomic E-state index is 12.0. The molecule has 1 aliphatic heterocycles. The predicted molar refractivity (Wildman–Crippen MR) is 75.4 cm³/mol. The molecule has 116 valence electrons. The Morgan fingerprint density at radius 2 is 1.71 bits per heavy atom. The average Bonchev–Trinajstić information content (AvgIpc) is 2.47. The summed E-state index contributed by atoms with van der Waals surface area (Å²) in [6, 6.07) is 0. The predicted octanol–water partition coefficient (Wildman–Crippen LogP) is -0.897. The van der Waals surface area contributed by atoms with Crippen molar-refractivity contribution < 1.29 is 18.3 Å². The van der Waals surface area contributed by atoms with Gasteiger partial charge in [0.15, 0.2) is 0 Å². The summed E-state index contributed by atoms with van der Waals surface area (Å²) >= 11 is 0. The van der Waals surface area contributed by atoms with Crippen LogP contribution in [0.3, 0.4) is 0 Å². The second-order valence-corrected chi connectivity index (χ2v) is 6.90. The smallest absolute Gasteiger partial charge is 0.338 e. The van der Waals surface area contributed by atoms with E-state index in [1.54, 1.807) is 0 Å². The van der Waals surface area contributed by atoms with E-state index in [1.165, 1.54) is 35.1 Å². The van der Waals surface area contributed by atoms with Crippen LogP contribution < -0.4 is 4.90 Å². The number of piperazine rings is 1. The monoisotopic (exact) mass is 315 g/mol. The third-order valence-electron chi connectivity index (χ3n) is 3.19. The van der Waals surface area contributed by atoms with Gasteiger partial charge in [-0.25, -0.2) is 14.8 Å². The van der Waals surface area contributed by atoms with Crippen LogP contribution in [0.1, 0.15) is 10.4 Å². The summed E-state index contributed by atoms with van der Waals surface area (Å²) in [5, 5.41) is 8.79. The fraction of sp³-hybridized carbons (Fsp3) is 0.545. The third kappa shape index (κ3) is 3.28. The lowest BCUT2D eigenvalue weighted by atomic mass is 10.3. The van der Waals surface area contributed by atoms with Gasteiger partial charge in [0.25, 0.3) is 10.2 Å². The number of carbonyl (C=O) groups is 1. The first-order valence-electron chi connectivity index (χ1n) is 6.30. The van der Waals surface area contributed by atoms with Crippen molar-refractivity contribution in [1.29, 1.82) is 0 Å². The molecule has 0 amide bonds. The summed E-state index contributed by atoms with van der Waals surface area (Å²) in [6.07, 6.45) is 2.49. The normalized spacial score (nSPS) is 17.2.